The Hall–Kier alpha value is -0.970. The zero-order valence-corrected chi connectivity index (χ0v) is 9.51. The molecule has 4 nitrogen and oxygen atoms in total. The molecular formula is C10H14N2O2S. The van der Waals surface area contributed by atoms with Crippen LogP contribution in [-0.2, 0) is 10.2 Å². The molecule has 0 unspecified atom stereocenters. The second kappa shape index (κ2) is 3.89. The number of rotatable bonds is 2. The summed E-state index contributed by atoms with van der Waals surface area (Å²) < 4.78 is 4.09. The predicted molar refractivity (Wildman–Crippen MR) is 57.0 cm³/mol. The number of carboxylic acids is 1. The van der Waals surface area contributed by atoms with Crippen LogP contribution in [-0.4, -0.2) is 20.4 Å². The molecule has 1 aliphatic rings. The first-order chi connectivity index (χ1) is 7.15. The number of aryl methyl sites for hydroxylation is 1. The van der Waals surface area contributed by atoms with Crippen molar-refractivity contribution in [2.45, 2.75) is 44.4 Å². The minimum absolute atomic E-state index is 0.682. The Kier molecular flexibility index (Phi) is 2.73. The van der Waals surface area contributed by atoms with E-state index in [1.807, 2.05) is 0 Å². The fourth-order valence-electron chi connectivity index (χ4n) is 2.17. The summed E-state index contributed by atoms with van der Waals surface area (Å²) in [5.41, 5.74) is -0.746. The van der Waals surface area contributed by atoms with Gasteiger partial charge in [-0.3, -0.25) is 4.79 Å². The van der Waals surface area contributed by atoms with E-state index in [-0.39, 0.29) is 0 Å². The molecule has 1 aliphatic carbocycles. The first-order valence-electron chi connectivity index (χ1n) is 5.19. The highest BCUT2D eigenvalue weighted by molar-refractivity contribution is 7.05. The van der Waals surface area contributed by atoms with Crippen molar-refractivity contribution in [1.82, 2.24) is 9.36 Å². The Morgan fingerprint density at radius 2 is 2.07 bits per heavy atom. The predicted octanol–water partition coefficient (Wildman–Crippen LogP) is 2.13. The van der Waals surface area contributed by atoms with Crippen molar-refractivity contribution in [2.75, 3.05) is 0 Å². The van der Waals surface area contributed by atoms with Crippen molar-refractivity contribution >= 4 is 17.5 Å². The SMILES string of the molecule is Cc1nsc(C2(C(=O)O)CCCCC2)n1. The van der Waals surface area contributed by atoms with Crippen LogP contribution in [0.5, 0.6) is 0 Å². The Morgan fingerprint density at radius 3 is 2.53 bits per heavy atom. The maximum atomic E-state index is 11.4. The molecular weight excluding hydrogens is 212 g/mol. The number of aliphatic carboxylic acids is 1. The molecule has 0 atom stereocenters. The van der Waals surface area contributed by atoms with Crippen LogP contribution in [0.4, 0.5) is 0 Å². The molecule has 1 aromatic heterocycles. The van der Waals surface area contributed by atoms with Gasteiger partial charge in [-0.15, -0.1) is 0 Å². The number of carbonyl (C=O) groups is 1. The molecule has 1 heterocycles. The lowest BCUT2D eigenvalue weighted by Gasteiger charge is -2.30. The van der Waals surface area contributed by atoms with Crippen LogP contribution in [0.2, 0.25) is 0 Å². The summed E-state index contributed by atoms with van der Waals surface area (Å²) in [6, 6.07) is 0. The average Bonchev–Trinajstić information content (AvgIpc) is 2.66. The van der Waals surface area contributed by atoms with Gasteiger partial charge < -0.3 is 5.11 Å². The molecule has 0 aromatic carbocycles. The van der Waals surface area contributed by atoms with Crippen molar-refractivity contribution < 1.29 is 9.90 Å². The van der Waals surface area contributed by atoms with E-state index in [2.05, 4.69) is 9.36 Å². The number of hydrogen-bond donors (Lipinski definition) is 1. The van der Waals surface area contributed by atoms with Crippen LogP contribution in [0.25, 0.3) is 0 Å². The van der Waals surface area contributed by atoms with Gasteiger partial charge in [-0.05, 0) is 31.3 Å². The second-order valence-electron chi connectivity index (χ2n) is 4.09. The van der Waals surface area contributed by atoms with E-state index in [1.54, 1.807) is 6.92 Å². The quantitative estimate of drug-likeness (QED) is 0.839. The summed E-state index contributed by atoms with van der Waals surface area (Å²) in [7, 11) is 0. The van der Waals surface area contributed by atoms with Crippen LogP contribution in [0.15, 0.2) is 0 Å². The van der Waals surface area contributed by atoms with Crippen LogP contribution in [0.3, 0.4) is 0 Å². The fourth-order valence-corrected chi connectivity index (χ4v) is 3.06. The van der Waals surface area contributed by atoms with Gasteiger partial charge >= 0.3 is 5.97 Å². The van der Waals surface area contributed by atoms with Gasteiger partial charge in [0.15, 0.2) is 0 Å². The minimum atomic E-state index is -0.746. The van der Waals surface area contributed by atoms with E-state index in [1.165, 1.54) is 11.5 Å². The van der Waals surface area contributed by atoms with E-state index in [9.17, 15) is 9.90 Å². The number of carboxylic acid groups (broad SMARTS) is 1. The van der Waals surface area contributed by atoms with Crippen LogP contribution >= 0.6 is 11.5 Å². The summed E-state index contributed by atoms with van der Waals surface area (Å²) in [6.45, 7) is 1.80. The molecule has 0 aliphatic heterocycles. The molecule has 2 rings (SSSR count). The van der Waals surface area contributed by atoms with Crippen molar-refractivity contribution in [3.63, 3.8) is 0 Å². The monoisotopic (exact) mass is 226 g/mol. The summed E-state index contributed by atoms with van der Waals surface area (Å²) >= 11 is 1.24. The first-order valence-corrected chi connectivity index (χ1v) is 5.97. The Morgan fingerprint density at radius 1 is 1.40 bits per heavy atom. The molecule has 15 heavy (non-hydrogen) atoms. The summed E-state index contributed by atoms with van der Waals surface area (Å²) in [5.74, 6) is -0.0560. The smallest absolute Gasteiger partial charge is 0.316 e. The van der Waals surface area contributed by atoms with E-state index < -0.39 is 11.4 Å². The highest BCUT2D eigenvalue weighted by atomic mass is 32.1. The molecule has 5 heteroatoms. The normalized spacial score (nSPS) is 20.1. The van der Waals surface area contributed by atoms with Gasteiger partial charge in [0.05, 0.1) is 0 Å². The minimum Gasteiger partial charge on any atom is -0.481 e. The van der Waals surface area contributed by atoms with Gasteiger partial charge in [0.2, 0.25) is 0 Å². The van der Waals surface area contributed by atoms with Gasteiger partial charge in [0, 0.05) is 0 Å². The maximum Gasteiger partial charge on any atom is 0.316 e. The fraction of sp³-hybridized carbons (Fsp3) is 0.700. The third-order valence-electron chi connectivity index (χ3n) is 3.05. The van der Waals surface area contributed by atoms with Crippen molar-refractivity contribution in [3.05, 3.63) is 10.8 Å². The molecule has 1 saturated carbocycles. The first kappa shape index (κ1) is 10.5. The highest BCUT2D eigenvalue weighted by Crippen LogP contribution is 2.40. The summed E-state index contributed by atoms with van der Waals surface area (Å²) in [5, 5.41) is 10.1. The summed E-state index contributed by atoms with van der Waals surface area (Å²) in [6.07, 6.45) is 4.50. The van der Waals surface area contributed by atoms with Crippen LogP contribution in [0.1, 0.15) is 42.9 Å². The Balaban J connectivity index is 2.37. The van der Waals surface area contributed by atoms with E-state index >= 15 is 0 Å². The lowest BCUT2D eigenvalue weighted by molar-refractivity contribution is -0.145. The van der Waals surface area contributed by atoms with Gasteiger partial charge in [-0.1, -0.05) is 19.3 Å². The lowest BCUT2D eigenvalue weighted by Crippen LogP contribution is -2.37. The lowest BCUT2D eigenvalue weighted by atomic mass is 9.74. The Labute approximate surface area is 92.5 Å². The highest BCUT2D eigenvalue weighted by Gasteiger charge is 2.44. The molecule has 1 aromatic rings. The van der Waals surface area contributed by atoms with E-state index in [0.29, 0.717) is 23.7 Å². The molecule has 0 spiro atoms. The molecule has 1 fully saturated rings. The largest absolute Gasteiger partial charge is 0.481 e. The van der Waals surface area contributed by atoms with E-state index in [4.69, 9.17) is 0 Å². The molecule has 82 valence electrons. The van der Waals surface area contributed by atoms with Gasteiger partial charge in [0.1, 0.15) is 16.2 Å². The van der Waals surface area contributed by atoms with Crippen LogP contribution < -0.4 is 0 Å². The van der Waals surface area contributed by atoms with Crippen molar-refractivity contribution in [2.24, 2.45) is 0 Å². The number of aromatic nitrogens is 2. The third-order valence-corrected chi connectivity index (χ3v) is 4.06. The molecule has 1 N–H and O–H groups in total. The number of hydrogen-bond acceptors (Lipinski definition) is 4. The maximum absolute atomic E-state index is 11.4. The zero-order chi connectivity index (χ0) is 10.9. The molecule has 0 radical (unpaired) electrons. The number of nitrogens with zero attached hydrogens (tertiary/aromatic N) is 2. The second-order valence-corrected chi connectivity index (χ2v) is 4.85. The topological polar surface area (TPSA) is 63.1 Å². The Bertz CT molecular complexity index is 369. The van der Waals surface area contributed by atoms with Gasteiger partial charge in [0.25, 0.3) is 0 Å². The zero-order valence-electron chi connectivity index (χ0n) is 8.69. The van der Waals surface area contributed by atoms with Crippen molar-refractivity contribution in [1.29, 1.82) is 0 Å². The van der Waals surface area contributed by atoms with Crippen molar-refractivity contribution in [3.8, 4) is 0 Å². The standard InChI is InChI=1S/C10H14N2O2S/c1-7-11-8(15-12-7)10(9(13)14)5-3-2-4-6-10/h2-6H2,1H3,(H,13,14). The molecule has 0 bridgehead atoms. The molecule has 0 saturated heterocycles. The summed E-state index contributed by atoms with van der Waals surface area (Å²) in [4.78, 5) is 15.7. The third kappa shape index (κ3) is 1.76. The van der Waals surface area contributed by atoms with Gasteiger partial charge in [-0.25, -0.2) is 4.98 Å². The average molecular weight is 226 g/mol. The van der Waals surface area contributed by atoms with Crippen LogP contribution in [0, 0.1) is 6.92 Å². The van der Waals surface area contributed by atoms with Gasteiger partial charge in [-0.2, -0.15) is 4.37 Å². The molecule has 0 amide bonds. The van der Waals surface area contributed by atoms with E-state index in [0.717, 1.165) is 19.3 Å².